The van der Waals surface area contributed by atoms with Crippen LogP contribution in [0.25, 0.3) is 0 Å². The van der Waals surface area contributed by atoms with Gasteiger partial charge in [-0.05, 0) is 73.9 Å². The predicted octanol–water partition coefficient (Wildman–Crippen LogP) is 6.05. The van der Waals surface area contributed by atoms with Crippen LogP contribution in [0.4, 0.5) is 5.69 Å². The van der Waals surface area contributed by atoms with Crippen molar-refractivity contribution in [2.45, 2.75) is 51.4 Å². The SMILES string of the molecule is CCCC=C[C@H]1CC[C@H](c2ccc(N=C=S)cc2)CC1. The summed E-state index contributed by atoms with van der Waals surface area (Å²) in [5.41, 5.74) is 2.35. The Bertz CT molecular complexity index is 475. The van der Waals surface area contributed by atoms with E-state index in [1.165, 1.54) is 44.1 Å². The molecule has 20 heavy (non-hydrogen) atoms. The molecule has 1 fully saturated rings. The monoisotopic (exact) mass is 285 g/mol. The molecule has 0 atom stereocenters. The summed E-state index contributed by atoms with van der Waals surface area (Å²) in [4.78, 5) is 4.00. The zero-order valence-corrected chi connectivity index (χ0v) is 13.0. The summed E-state index contributed by atoms with van der Waals surface area (Å²) < 4.78 is 0. The minimum atomic E-state index is 0.719. The molecule has 2 rings (SSSR count). The molecule has 1 aliphatic carbocycles. The van der Waals surface area contributed by atoms with Gasteiger partial charge in [-0.1, -0.05) is 37.6 Å². The number of thiocarbonyl (C=S) groups is 1. The normalized spacial score (nSPS) is 22.6. The second-order valence-corrected chi connectivity index (χ2v) is 5.81. The maximum atomic E-state index is 4.63. The summed E-state index contributed by atoms with van der Waals surface area (Å²) in [6, 6.07) is 8.48. The lowest BCUT2D eigenvalue weighted by Gasteiger charge is -2.27. The first kappa shape index (κ1) is 15.2. The van der Waals surface area contributed by atoms with Crippen molar-refractivity contribution in [3.63, 3.8) is 0 Å². The van der Waals surface area contributed by atoms with E-state index in [-0.39, 0.29) is 0 Å². The minimum absolute atomic E-state index is 0.719. The maximum Gasteiger partial charge on any atom is 0.0739 e. The largest absolute Gasteiger partial charge is 0.195 e. The zero-order valence-electron chi connectivity index (χ0n) is 12.2. The van der Waals surface area contributed by atoms with E-state index < -0.39 is 0 Å². The van der Waals surface area contributed by atoms with Gasteiger partial charge in [-0.15, -0.1) is 0 Å². The van der Waals surface area contributed by atoms with Gasteiger partial charge >= 0.3 is 0 Å². The molecule has 1 aromatic rings. The van der Waals surface area contributed by atoms with Gasteiger partial charge in [0.15, 0.2) is 0 Å². The fourth-order valence-electron chi connectivity index (χ4n) is 2.97. The third-order valence-corrected chi connectivity index (χ3v) is 4.27. The number of aliphatic imine (C=N–C) groups is 1. The molecule has 1 nitrogen and oxygen atoms in total. The molecular weight excluding hydrogens is 262 g/mol. The van der Waals surface area contributed by atoms with Gasteiger partial charge in [-0.2, -0.15) is 4.99 Å². The van der Waals surface area contributed by atoms with Crippen molar-refractivity contribution in [1.29, 1.82) is 0 Å². The Morgan fingerprint density at radius 3 is 2.50 bits per heavy atom. The molecule has 106 valence electrons. The summed E-state index contributed by atoms with van der Waals surface area (Å²) >= 11 is 4.63. The van der Waals surface area contributed by atoms with Crippen LogP contribution in [0, 0.1) is 5.92 Å². The van der Waals surface area contributed by atoms with Crippen LogP contribution in [-0.4, -0.2) is 5.16 Å². The molecule has 1 aliphatic rings. The van der Waals surface area contributed by atoms with Crippen molar-refractivity contribution >= 4 is 23.1 Å². The number of allylic oxidation sites excluding steroid dienone is 2. The number of hydrogen-bond acceptors (Lipinski definition) is 2. The molecule has 0 radical (unpaired) electrons. The Balaban J connectivity index is 1.88. The Kier molecular flexibility index (Phi) is 6.17. The Morgan fingerprint density at radius 2 is 1.90 bits per heavy atom. The summed E-state index contributed by atoms with van der Waals surface area (Å²) in [6.45, 7) is 2.23. The topological polar surface area (TPSA) is 12.4 Å². The van der Waals surface area contributed by atoms with Crippen molar-refractivity contribution < 1.29 is 0 Å². The van der Waals surface area contributed by atoms with Gasteiger partial charge in [0, 0.05) is 0 Å². The fraction of sp³-hybridized carbons (Fsp3) is 0.500. The van der Waals surface area contributed by atoms with Crippen LogP contribution in [0.2, 0.25) is 0 Å². The summed E-state index contributed by atoms with van der Waals surface area (Å²) in [5.74, 6) is 1.52. The highest BCUT2D eigenvalue weighted by atomic mass is 32.1. The first-order valence-electron chi connectivity index (χ1n) is 7.68. The molecule has 2 heteroatoms. The molecule has 0 aliphatic heterocycles. The smallest absolute Gasteiger partial charge is 0.0739 e. The third-order valence-electron chi connectivity index (χ3n) is 4.17. The van der Waals surface area contributed by atoms with Crippen LogP contribution in [0.15, 0.2) is 41.4 Å². The molecule has 0 heterocycles. The second-order valence-electron chi connectivity index (χ2n) is 5.62. The fourth-order valence-corrected chi connectivity index (χ4v) is 3.08. The molecule has 0 aromatic heterocycles. The molecule has 0 unspecified atom stereocenters. The molecule has 0 bridgehead atoms. The van der Waals surface area contributed by atoms with Crippen LogP contribution in [0.1, 0.15) is 56.9 Å². The molecular formula is C18H23NS. The van der Waals surface area contributed by atoms with Crippen LogP contribution in [0.3, 0.4) is 0 Å². The van der Waals surface area contributed by atoms with Crippen LogP contribution in [0.5, 0.6) is 0 Å². The van der Waals surface area contributed by atoms with Gasteiger partial charge in [0.25, 0.3) is 0 Å². The van der Waals surface area contributed by atoms with E-state index in [1.54, 1.807) is 0 Å². The standard InChI is InChI=1S/C18H23NS/c1-2-3-4-5-15-6-8-16(9-7-15)17-10-12-18(13-11-17)19-14-20/h4-5,10-13,15-16H,2-3,6-9H2,1H3/t15-,16-. The molecule has 0 saturated heterocycles. The lowest BCUT2D eigenvalue weighted by atomic mass is 9.78. The number of hydrogen-bond donors (Lipinski definition) is 0. The van der Waals surface area contributed by atoms with Gasteiger partial charge < -0.3 is 0 Å². The molecule has 0 amide bonds. The second kappa shape index (κ2) is 8.14. The highest BCUT2D eigenvalue weighted by Gasteiger charge is 2.20. The van der Waals surface area contributed by atoms with Gasteiger partial charge in [0.1, 0.15) is 0 Å². The van der Waals surface area contributed by atoms with Crippen molar-refractivity contribution in [2.24, 2.45) is 10.9 Å². The van der Waals surface area contributed by atoms with E-state index in [9.17, 15) is 0 Å². The highest BCUT2D eigenvalue weighted by Crippen LogP contribution is 2.36. The Hall–Kier alpha value is -1.24. The van der Waals surface area contributed by atoms with Crippen LogP contribution < -0.4 is 0 Å². The van der Waals surface area contributed by atoms with Crippen LogP contribution in [-0.2, 0) is 0 Å². The van der Waals surface area contributed by atoms with E-state index in [0.717, 1.165) is 17.5 Å². The van der Waals surface area contributed by atoms with Crippen molar-refractivity contribution in [2.75, 3.05) is 0 Å². The number of benzene rings is 1. The van der Waals surface area contributed by atoms with Gasteiger partial charge in [0.05, 0.1) is 10.8 Å². The summed E-state index contributed by atoms with van der Waals surface area (Å²) in [5, 5.41) is 2.41. The minimum Gasteiger partial charge on any atom is -0.195 e. The first-order valence-corrected chi connectivity index (χ1v) is 8.08. The average Bonchev–Trinajstić information content (AvgIpc) is 2.49. The van der Waals surface area contributed by atoms with Gasteiger partial charge in [-0.3, -0.25) is 0 Å². The maximum absolute atomic E-state index is 4.63. The van der Waals surface area contributed by atoms with Crippen molar-refractivity contribution in [3.05, 3.63) is 42.0 Å². The number of nitrogens with zero attached hydrogens (tertiary/aromatic N) is 1. The van der Waals surface area contributed by atoms with Gasteiger partial charge in [-0.25, -0.2) is 0 Å². The highest BCUT2D eigenvalue weighted by molar-refractivity contribution is 7.78. The number of unbranched alkanes of at least 4 members (excludes halogenated alkanes) is 1. The molecule has 0 N–H and O–H groups in total. The lowest BCUT2D eigenvalue weighted by molar-refractivity contribution is 0.375. The molecule has 1 aromatic carbocycles. The number of rotatable bonds is 5. The number of isothiocyanates is 1. The van der Waals surface area contributed by atoms with E-state index in [0.29, 0.717) is 0 Å². The molecule has 0 spiro atoms. The van der Waals surface area contributed by atoms with Crippen LogP contribution >= 0.6 is 12.2 Å². The van der Waals surface area contributed by atoms with E-state index >= 15 is 0 Å². The van der Waals surface area contributed by atoms with E-state index in [1.807, 2.05) is 12.1 Å². The van der Waals surface area contributed by atoms with Crippen molar-refractivity contribution in [1.82, 2.24) is 0 Å². The van der Waals surface area contributed by atoms with E-state index in [4.69, 9.17) is 0 Å². The summed E-state index contributed by atoms with van der Waals surface area (Å²) in [7, 11) is 0. The van der Waals surface area contributed by atoms with E-state index in [2.05, 4.69) is 53.6 Å². The lowest BCUT2D eigenvalue weighted by Crippen LogP contribution is -2.11. The van der Waals surface area contributed by atoms with Crippen molar-refractivity contribution in [3.8, 4) is 0 Å². The first-order chi connectivity index (χ1) is 9.83. The average molecular weight is 285 g/mol. The van der Waals surface area contributed by atoms with Gasteiger partial charge in [0.2, 0.25) is 0 Å². The predicted molar refractivity (Wildman–Crippen MR) is 89.9 cm³/mol. The Morgan fingerprint density at radius 1 is 1.20 bits per heavy atom. The third kappa shape index (κ3) is 4.40. The zero-order chi connectivity index (χ0) is 14.2. The molecule has 1 saturated carbocycles. The summed E-state index contributed by atoms with van der Waals surface area (Å²) in [6.07, 6.45) is 12.5. The Labute approximate surface area is 127 Å². The quantitative estimate of drug-likeness (QED) is 0.364.